The van der Waals surface area contributed by atoms with Crippen LogP contribution in [0.25, 0.3) is 0 Å². The van der Waals surface area contributed by atoms with Crippen LogP contribution in [0, 0.1) is 0 Å². The van der Waals surface area contributed by atoms with E-state index in [9.17, 15) is 18.0 Å². The van der Waals surface area contributed by atoms with Crippen molar-refractivity contribution in [1.29, 1.82) is 0 Å². The fourth-order valence-electron chi connectivity index (χ4n) is 0.741. The maximum atomic E-state index is 11.6. The van der Waals surface area contributed by atoms with Crippen molar-refractivity contribution in [2.24, 2.45) is 0 Å². The Hall–Kier alpha value is -1.13. The van der Waals surface area contributed by atoms with E-state index in [4.69, 9.17) is 0 Å². The van der Waals surface area contributed by atoms with Gasteiger partial charge in [0, 0.05) is 11.4 Å². The lowest BCUT2D eigenvalue weighted by Gasteiger charge is -2.04. The fourth-order valence-corrected chi connectivity index (χ4v) is 3.95. The first-order valence-electron chi connectivity index (χ1n) is 3.98. The summed E-state index contributed by atoms with van der Waals surface area (Å²) in [7, 11) is -4.04. The monoisotopic (exact) mass is 343 g/mol. The number of halogens is 1. The summed E-state index contributed by atoms with van der Waals surface area (Å²) in [5, 5.41) is 1.52. The third-order valence-electron chi connectivity index (χ3n) is 1.28. The van der Waals surface area contributed by atoms with Crippen molar-refractivity contribution in [1.82, 2.24) is 4.72 Å². The second kappa shape index (κ2) is 5.47. The maximum Gasteiger partial charge on any atom is 0.464 e. The summed E-state index contributed by atoms with van der Waals surface area (Å²) in [6.45, 7) is 0.998. The Balaban J connectivity index is 2.71. The summed E-state index contributed by atoms with van der Waals surface area (Å²) in [4.78, 5) is 29.0. The molecule has 0 radical (unpaired) electrons. The van der Waals surface area contributed by atoms with Crippen molar-refractivity contribution in [3.8, 4) is 0 Å². The largest absolute Gasteiger partial charge is 0.464 e. The van der Waals surface area contributed by atoms with Crippen molar-refractivity contribution in [2.75, 3.05) is 0 Å². The van der Waals surface area contributed by atoms with E-state index < -0.39 is 22.1 Å². The number of hydrogen-bond acceptors (Lipinski definition) is 7. The maximum absolute atomic E-state index is 11.6. The summed E-state index contributed by atoms with van der Waals surface area (Å²) in [5.74, 6) is -0.880. The molecule has 0 saturated heterocycles. The molecule has 0 unspecified atom stereocenters. The second-order valence-corrected chi connectivity index (χ2v) is 6.26. The van der Waals surface area contributed by atoms with Crippen molar-refractivity contribution in [3.05, 3.63) is 15.9 Å². The number of nitrogens with one attached hydrogen (secondary N) is 1. The zero-order valence-corrected chi connectivity index (χ0v) is 11.5. The summed E-state index contributed by atoms with van der Waals surface area (Å²) in [6, 6.07) is 1.51. The first-order chi connectivity index (χ1) is 7.83. The van der Waals surface area contributed by atoms with E-state index in [1.807, 2.05) is 0 Å². The summed E-state index contributed by atoms with van der Waals surface area (Å²) in [5.41, 5.74) is 0. The molecule has 7 nitrogen and oxygen atoms in total. The molecule has 0 bridgehead atoms. The Morgan fingerprint density at radius 2 is 2.06 bits per heavy atom. The Bertz CT molecular complexity index is 536. The molecule has 0 fully saturated rings. The van der Waals surface area contributed by atoms with Crippen molar-refractivity contribution >= 4 is 49.4 Å². The highest BCUT2D eigenvalue weighted by molar-refractivity contribution is 9.10. The molecule has 0 saturated carbocycles. The standard InChI is InChI=1S/C7H6BrNO6S2/c1-4(10)14-15-7(11)9-17(12,13)6-5(8)2-3-16-6/h2-3H,1H3,(H,9,11). The third kappa shape index (κ3) is 3.98. The van der Waals surface area contributed by atoms with E-state index in [0.717, 1.165) is 18.3 Å². The summed E-state index contributed by atoms with van der Waals surface area (Å²) < 4.78 is 25.0. The topological polar surface area (TPSA) is 98.8 Å². The Labute approximate surface area is 109 Å². The highest BCUT2D eigenvalue weighted by Crippen LogP contribution is 2.27. The van der Waals surface area contributed by atoms with Crippen LogP contribution < -0.4 is 4.72 Å². The van der Waals surface area contributed by atoms with Crippen LogP contribution in [-0.4, -0.2) is 20.5 Å². The SMILES string of the molecule is CC(=O)OOC(=O)NS(=O)(=O)c1sccc1Br. The molecule has 0 aliphatic rings. The average Bonchev–Trinajstić information content (AvgIpc) is 2.61. The summed E-state index contributed by atoms with van der Waals surface area (Å²) >= 11 is 3.92. The van der Waals surface area contributed by atoms with Crippen molar-refractivity contribution in [3.63, 3.8) is 0 Å². The Kier molecular flexibility index (Phi) is 4.48. The first-order valence-corrected chi connectivity index (χ1v) is 7.13. The number of rotatable bonds is 2. The van der Waals surface area contributed by atoms with E-state index in [-0.39, 0.29) is 4.21 Å². The summed E-state index contributed by atoms with van der Waals surface area (Å²) in [6.07, 6.45) is -1.40. The van der Waals surface area contributed by atoms with Gasteiger partial charge in [-0.15, -0.1) is 11.3 Å². The minimum Gasteiger partial charge on any atom is -0.248 e. The molecule has 1 aromatic heterocycles. The number of carbonyl (C=O) groups excluding carboxylic acids is 2. The first kappa shape index (κ1) is 13.9. The van der Waals surface area contributed by atoms with E-state index >= 15 is 0 Å². The van der Waals surface area contributed by atoms with Gasteiger partial charge >= 0.3 is 12.1 Å². The van der Waals surface area contributed by atoms with Crippen molar-refractivity contribution < 1.29 is 27.8 Å². The lowest BCUT2D eigenvalue weighted by atomic mass is 10.7. The molecule has 94 valence electrons. The third-order valence-corrected chi connectivity index (χ3v) is 5.26. The van der Waals surface area contributed by atoms with E-state index in [0.29, 0.717) is 4.47 Å². The minimum absolute atomic E-state index is 0.0859. The van der Waals surface area contributed by atoms with Crippen LogP contribution in [0.2, 0.25) is 0 Å². The predicted molar refractivity (Wildman–Crippen MR) is 60.6 cm³/mol. The molecule has 0 atom stereocenters. The van der Waals surface area contributed by atoms with Gasteiger partial charge in [-0.3, -0.25) is 0 Å². The van der Waals surface area contributed by atoms with Crippen LogP contribution in [0.5, 0.6) is 0 Å². The van der Waals surface area contributed by atoms with Gasteiger partial charge in [0.15, 0.2) is 4.21 Å². The van der Waals surface area contributed by atoms with Gasteiger partial charge in [-0.05, 0) is 27.4 Å². The zero-order chi connectivity index (χ0) is 13.1. The number of hydrogen-bond donors (Lipinski definition) is 1. The number of sulfonamides is 1. The van der Waals surface area contributed by atoms with E-state index in [1.165, 1.54) is 11.4 Å². The molecule has 1 amide bonds. The Morgan fingerprint density at radius 1 is 1.41 bits per heavy atom. The number of carbonyl (C=O) groups is 2. The van der Waals surface area contributed by atoms with Crippen molar-refractivity contribution in [2.45, 2.75) is 11.1 Å². The molecule has 0 spiro atoms. The van der Waals surface area contributed by atoms with Gasteiger partial charge in [-0.25, -0.2) is 32.5 Å². The van der Waals surface area contributed by atoms with Gasteiger partial charge in [0.05, 0.1) is 0 Å². The minimum atomic E-state index is -4.04. The van der Waals surface area contributed by atoms with Crippen LogP contribution in [-0.2, 0) is 24.6 Å². The lowest BCUT2D eigenvalue weighted by molar-refractivity contribution is -0.228. The highest BCUT2D eigenvalue weighted by atomic mass is 79.9. The van der Waals surface area contributed by atoms with Gasteiger partial charge < -0.3 is 0 Å². The molecule has 1 aromatic rings. The van der Waals surface area contributed by atoms with Crippen LogP contribution in [0.4, 0.5) is 4.79 Å². The quantitative estimate of drug-likeness (QED) is 0.643. The average molecular weight is 344 g/mol. The molecule has 0 aromatic carbocycles. The molecule has 0 aliphatic heterocycles. The van der Waals surface area contributed by atoms with Gasteiger partial charge in [0.25, 0.3) is 10.0 Å². The van der Waals surface area contributed by atoms with Crippen LogP contribution in [0.1, 0.15) is 6.92 Å². The molecule has 1 heterocycles. The smallest absolute Gasteiger partial charge is 0.248 e. The van der Waals surface area contributed by atoms with Gasteiger partial charge in [-0.2, -0.15) is 0 Å². The molecular formula is C7H6BrNO6S2. The molecule has 1 N–H and O–H groups in total. The molecule has 0 aliphatic carbocycles. The van der Waals surface area contributed by atoms with Crippen LogP contribution in [0.3, 0.4) is 0 Å². The molecule has 17 heavy (non-hydrogen) atoms. The molecule has 10 heteroatoms. The molecule has 1 rings (SSSR count). The second-order valence-electron chi connectivity index (χ2n) is 2.61. The number of thiophene rings is 1. The zero-order valence-electron chi connectivity index (χ0n) is 8.30. The molecular weight excluding hydrogens is 338 g/mol. The van der Waals surface area contributed by atoms with E-state index in [1.54, 1.807) is 4.72 Å². The van der Waals surface area contributed by atoms with Crippen LogP contribution in [0.15, 0.2) is 20.1 Å². The van der Waals surface area contributed by atoms with Gasteiger partial charge in [0.2, 0.25) is 0 Å². The predicted octanol–water partition coefficient (Wildman–Crippen LogP) is 1.40. The normalized spacial score (nSPS) is 10.7. The van der Waals surface area contributed by atoms with E-state index in [2.05, 4.69) is 25.7 Å². The highest BCUT2D eigenvalue weighted by Gasteiger charge is 2.23. The van der Waals surface area contributed by atoms with Gasteiger partial charge in [0.1, 0.15) is 0 Å². The van der Waals surface area contributed by atoms with Crippen LogP contribution >= 0.6 is 27.3 Å². The lowest BCUT2D eigenvalue weighted by Crippen LogP contribution is -2.31. The Morgan fingerprint density at radius 3 is 2.53 bits per heavy atom. The number of amides is 1. The fraction of sp³-hybridized carbons (Fsp3) is 0.143. The van der Waals surface area contributed by atoms with Gasteiger partial charge in [-0.1, -0.05) is 0 Å².